The Labute approximate surface area is 107 Å². The molecule has 6 heteroatoms. The molecule has 0 bridgehead atoms. The lowest BCUT2D eigenvalue weighted by atomic mass is 10.0. The van der Waals surface area contributed by atoms with E-state index in [1.807, 2.05) is 0 Å². The van der Waals surface area contributed by atoms with Gasteiger partial charge in [0.2, 0.25) is 10.0 Å². The fourth-order valence-electron chi connectivity index (χ4n) is 1.92. The van der Waals surface area contributed by atoms with Crippen LogP contribution < -0.4 is 0 Å². The van der Waals surface area contributed by atoms with E-state index in [4.69, 9.17) is 11.6 Å². The number of nitrogens with zero attached hydrogens (tertiary/aromatic N) is 2. The molecule has 0 radical (unpaired) electrons. The van der Waals surface area contributed by atoms with Crippen LogP contribution in [0.15, 0.2) is 23.4 Å². The summed E-state index contributed by atoms with van der Waals surface area (Å²) in [6, 6.07) is 1.50. The molecule has 0 unspecified atom stereocenters. The second-order valence-corrected chi connectivity index (χ2v) is 6.71. The van der Waals surface area contributed by atoms with E-state index in [9.17, 15) is 8.42 Å². The largest absolute Gasteiger partial charge is 0.263 e. The molecule has 0 saturated carbocycles. The van der Waals surface area contributed by atoms with Crippen LogP contribution in [-0.4, -0.2) is 30.8 Å². The van der Waals surface area contributed by atoms with E-state index in [0.717, 1.165) is 12.8 Å². The van der Waals surface area contributed by atoms with Crippen molar-refractivity contribution in [2.24, 2.45) is 5.92 Å². The third-order valence-electron chi connectivity index (χ3n) is 3.09. The van der Waals surface area contributed by atoms with Crippen LogP contribution in [0.3, 0.4) is 0 Å². The van der Waals surface area contributed by atoms with Crippen LogP contribution in [0, 0.1) is 5.92 Å². The van der Waals surface area contributed by atoms with Crippen LogP contribution in [0.2, 0.25) is 5.02 Å². The van der Waals surface area contributed by atoms with Crippen LogP contribution in [0.1, 0.15) is 19.8 Å². The van der Waals surface area contributed by atoms with Crippen molar-refractivity contribution >= 4 is 21.6 Å². The fraction of sp³-hybridized carbons (Fsp3) is 0.545. The molecule has 0 aromatic carbocycles. The zero-order valence-corrected chi connectivity index (χ0v) is 11.2. The third kappa shape index (κ3) is 2.61. The average Bonchev–Trinajstić information content (AvgIpc) is 2.30. The minimum Gasteiger partial charge on any atom is -0.263 e. The van der Waals surface area contributed by atoms with Crippen LogP contribution in [0.4, 0.5) is 0 Å². The lowest BCUT2D eigenvalue weighted by molar-refractivity contribution is 0.288. The molecule has 1 fully saturated rings. The number of piperidine rings is 1. The van der Waals surface area contributed by atoms with Gasteiger partial charge in [0.05, 0.1) is 5.02 Å². The van der Waals surface area contributed by atoms with Gasteiger partial charge in [-0.1, -0.05) is 18.5 Å². The number of halogens is 1. The molecule has 1 aromatic rings. The first kappa shape index (κ1) is 12.8. The highest BCUT2D eigenvalue weighted by molar-refractivity contribution is 7.89. The first-order chi connectivity index (χ1) is 8.01. The second-order valence-electron chi connectivity index (χ2n) is 4.39. The summed E-state index contributed by atoms with van der Waals surface area (Å²) in [4.78, 5) is 3.94. The van der Waals surface area contributed by atoms with Crippen LogP contribution >= 0.6 is 11.6 Å². The molecule has 0 atom stereocenters. The Morgan fingerprint density at radius 1 is 1.41 bits per heavy atom. The molecule has 2 heterocycles. The van der Waals surface area contributed by atoms with Gasteiger partial charge < -0.3 is 0 Å². The van der Waals surface area contributed by atoms with Gasteiger partial charge in [-0.15, -0.1) is 0 Å². The van der Waals surface area contributed by atoms with Gasteiger partial charge in [0, 0.05) is 25.5 Å². The van der Waals surface area contributed by atoms with E-state index >= 15 is 0 Å². The normalized spacial score (nSPS) is 19.4. The van der Waals surface area contributed by atoms with E-state index in [0.29, 0.717) is 19.0 Å². The van der Waals surface area contributed by atoms with Gasteiger partial charge in [-0.25, -0.2) is 8.42 Å². The lowest BCUT2D eigenvalue weighted by Gasteiger charge is -2.29. The summed E-state index contributed by atoms with van der Waals surface area (Å²) in [5, 5.41) is 0.235. The standard InChI is InChI=1S/C11H15ClN2O2S/c1-9-3-6-14(7-4-9)17(15,16)11-8-13-5-2-10(11)12/h2,5,8-9H,3-4,6-7H2,1H3. The Morgan fingerprint density at radius 3 is 2.65 bits per heavy atom. The Morgan fingerprint density at radius 2 is 2.06 bits per heavy atom. The van der Waals surface area contributed by atoms with E-state index in [1.165, 1.54) is 22.8 Å². The zero-order valence-electron chi connectivity index (χ0n) is 9.63. The minimum atomic E-state index is -3.48. The average molecular weight is 275 g/mol. The number of hydrogen-bond acceptors (Lipinski definition) is 3. The highest BCUT2D eigenvalue weighted by atomic mass is 35.5. The Balaban J connectivity index is 2.28. The fourth-order valence-corrected chi connectivity index (χ4v) is 3.79. The first-order valence-electron chi connectivity index (χ1n) is 5.61. The molecule has 1 aromatic heterocycles. The predicted octanol–water partition coefficient (Wildman–Crippen LogP) is 2.16. The maximum atomic E-state index is 12.3. The second kappa shape index (κ2) is 4.92. The molecule has 0 N–H and O–H groups in total. The number of pyridine rings is 1. The molecule has 1 aliphatic heterocycles. The van der Waals surface area contributed by atoms with E-state index in [2.05, 4.69) is 11.9 Å². The lowest BCUT2D eigenvalue weighted by Crippen LogP contribution is -2.38. The molecule has 1 saturated heterocycles. The quantitative estimate of drug-likeness (QED) is 0.830. The number of rotatable bonds is 2. The third-order valence-corrected chi connectivity index (χ3v) is 5.46. The molecule has 94 valence electrons. The topological polar surface area (TPSA) is 50.3 Å². The molecular weight excluding hydrogens is 260 g/mol. The molecule has 0 amide bonds. The maximum absolute atomic E-state index is 12.3. The molecule has 17 heavy (non-hydrogen) atoms. The first-order valence-corrected chi connectivity index (χ1v) is 7.43. The number of aromatic nitrogens is 1. The Bertz CT molecular complexity index is 496. The van der Waals surface area contributed by atoms with E-state index < -0.39 is 10.0 Å². The number of hydrogen-bond donors (Lipinski definition) is 0. The van der Waals surface area contributed by atoms with Gasteiger partial charge in [0.15, 0.2) is 0 Å². The van der Waals surface area contributed by atoms with Crippen LogP contribution in [0.5, 0.6) is 0 Å². The van der Waals surface area contributed by atoms with Crippen LogP contribution in [0.25, 0.3) is 0 Å². The molecule has 0 aliphatic carbocycles. The van der Waals surface area contributed by atoms with Gasteiger partial charge in [0.1, 0.15) is 4.90 Å². The summed E-state index contributed by atoms with van der Waals surface area (Å²) in [6.45, 7) is 3.27. The molecule has 0 spiro atoms. The van der Waals surface area contributed by atoms with Crippen molar-refractivity contribution in [3.8, 4) is 0 Å². The van der Waals surface area contributed by atoms with Crippen molar-refractivity contribution in [2.75, 3.05) is 13.1 Å². The smallest absolute Gasteiger partial charge is 0.246 e. The van der Waals surface area contributed by atoms with Crippen molar-refractivity contribution in [1.29, 1.82) is 0 Å². The summed E-state index contributed by atoms with van der Waals surface area (Å²) in [5.41, 5.74) is 0. The Kier molecular flexibility index (Phi) is 3.70. The maximum Gasteiger partial charge on any atom is 0.246 e. The highest BCUT2D eigenvalue weighted by Crippen LogP contribution is 2.26. The van der Waals surface area contributed by atoms with Gasteiger partial charge in [-0.05, 0) is 24.8 Å². The van der Waals surface area contributed by atoms with Crippen molar-refractivity contribution in [1.82, 2.24) is 9.29 Å². The van der Waals surface area contributed by atoms with Gasteiger partial charge in [-0.3, -0.25) is 4.98 Å². The summed E-state index contributed by atoms with van der Waals surface area (Å²) >= 11 is 5.91. The molecule has 1 aliphatic rings. The van der Waals surface area contributed by atoms with Crippen molar-refractivity contribution in [3.63, 3.8) is 0 Å². The van der Waals surface area contributed by atoms with Gasteiger partial charge in [0.25, 0.3) is 0 Å². The molecular formula is C11H15ClN2O2S. The van der Waals surface area contributed by atoms with E-state index in [1.54, 1.807) is 0 Å². The summed E-state index contributed by atoms with van der Waals surface area (Å²) in [6.07, 6.45) is 4.60. The molecule has 2 rings (SSSR count). The number of sulfonamides is 1. The van der Waals surface area contributed by atoms with E-state index in [-0.39, 0.29) is 9.92 Å². The van der Waals surface area contributed by atoms with Crippen molar-refractivity contribution < 1.29 is 8.42 Å². The predicted molar refractivity (Wildman–Crippen MR) is 66.4 cm³/mol. The summed E-state index contributed by atoms with van der Waals surface area (Å²) in [5.74, 6) is 0.589. The summed E-state index contributed by atoms with van der Waals surface area (Å²) in [7, 11) is -3.48. The SMILES string of the molecule is CC1CCN(S(=O)(=O)c2cnccc2Cl)CC1. The summed E-state index contributed by atoms with van der Waals surface area (Å²) < 4.78 is 26.1. The molecule has 4 nitrogen and oxygen atoms in total. The van der Waals surface area contributed by atoms with Gasteiger partial charge >= 0.3 is 0 Å². The zero-order chi connectivity index (χ0) is 12.5. The highest BCUT2D eigenvalue weighted by Gasteiger charge is 2.29. The van der Waals surface area contributed by atoms with Crippen molar-refractivity contribution in [3.05, 3.63) is 23.5 Å². The van der Waals surface area contributed by atoms with Gasteiger partial charge in [-0.2, -0.15) is 4.31 Å². The Hall–Kier alpha value is -0.650. The monoisotopic (exact) mass is 274 g/mol. The van der Waals surface area contributed by atoms with Crippen molar-refractivity contribution in [2.45, 2.75) is 24.7 Å². The minimum absolute atomic E-state index is 0.108. The van der Waals surface area contributed by atoms with Crippen LogP contribution in [-0.2, 0) is 10.0 Å².